The summed E-state index contributed by atoms with van der Waals surface area (Å²) in [7, 11) is 0. The number of rotatable bonds is 6. The normalized spacial score (nSPS) is 12.6. The van der Waals surface area contributed by atoms with E-state index in [9.17, 15) is 0 Å². The van der Waals surface area contributed by atoms with Gasteiger partial charge in [-0.2, -0.15) is 0 Å². The number of halogens is 2. The van der Waals surface area contributed by atoms with Crippen LogP contribution in [-0.4, -0.2) is 10.3 Å². The third-order valence-corrected chi connectivity index (χ3v) is 5.59. The summed E-state index contributed by atoms with van der Waals surface area (Å²) in [5.74, 6) is 0.612. The number of thiazole rings is 1. The van der Waals surface area contributed by atoms with Gasteiger partial charge in [-0.3, -0.25) is 0 Å². The molecule has 0 N–H and O–H groups in total. The highest BCUT2D eigenvalue weighted by atomic mass is 79.9. The lowest BCUT2D eigenvalue weighted by molar-refractivity contribution is 0.544. The molecule has 0 aliphatic rings. The molecule has 1 atom stereocenters. The van der Waals surface area contributed by atoms with Gasteiger partial charge in [0.05, 0.1) is 11.2 Å². The molecule has 2 rings (SSSR count). The van der Waals surface area contributed by atoms with E-state index in [0.717, 1.165) is 23.2 Å². The van der Waals surface area contributed by atoms with Crippen molar-refractivity contribution < 1.29 is 0 Å². The summed E-state index contributed by atoms with van der Waals surface area (Å²) < 4.78 is 0. The molecule has 0 amide bonds. The maximum absolute atomic E-state index is 6.23. The maximum Gasteiger partial charge on any atom is 0.0797 e. The largest absolute Gasteiger partial charge is 0.250 e. The summed E-state index contributed by atoms with van der Waals surface area (Å²) in [5.41, 5.74) is 4.35. The molecule has 4 heteroatoms. The first-order valence-electron chi connectivity index (χ1n) is 6.39. The summed E-state index contributed by atoms with van der Waals surface area (Å²) in [6.45, 7) is 2.09. The van der Waals surface area contributed by atoms with Crippen LogP contribution in [0.2, 0.25) is 5.02 Å². The van der Waals surface area contributed by atoms with Crippen LogP contribution in [0.25, 0.3) is 0 Å². The van der Waals surface area contributed by atoms with Gasteiger partial charge in [0.15, 0.2) is 0 Å². The van der Waals surface area contributed by atoms with E-state index in [1.54, 1.807) is 11.3 Å². The van der Waals surface area contributed by atoms with Gasteiger partial charge in [0.25, 0.3) is 0 Å². The summed E-state index contributed by atoms with van der Waals surface area (Å²) in [6, 6.07) is 8.13. The molecule has 0 fully saturated rings. The Morgan fingerprint density at radius 1 is 1.37 bits per heavy atom. The molecular weight excluding hydrogens is 342 g/mol. The Bertz CT molecular complexity index is 526. The first-order chi connectivity index (χ1) is 9.20. The second kappa shape index (κ2) is 7.41. The van der Waals surface area contributed by atoms with Gasteiger partial charge < -0.3 is 0 Å². The first-order valence-corrected chi connectivity index (χ1v) is 8.77. The van der Waals surface area contributed by atoms with E-state index in [2.05, 4.69) is 40.0 Å². The van der Waals surface area contributed by atoms with Crippen molar-refractivity contribution in [3.8, 4) is 0 Å². The maximum atomic E-state index is 6.23. The van der Waals surface area contributed by atoms with Gasteiger partial charge in [-0.15, -0.1) is 11.3 Å². The summed E-state index contributed by atoms with van der Waals surface area (Å²) in [6.07, 6.45) is 3.31. The van der Waals surface area contributed by atoms with Gasteiger partial charge in [-0.1, -0.05) is 45.7 Å². The van der Waals surface area contributed by atoms with E-state index < -0.39 is 0 Å². The average molecular weight is 359 g/mol. The van der Waals surface area contributed by atoms with E-state index in [0.29, 0.717) is 5.92 Å². The molecule has 1 unspecified atom stereocenters. The zero-order valence-electron chi connectivity index (χ0n) is 10.9. The second-order valence-electron chi connectivity index (χ2n) is 4.72. The van der Waals surface area contributed by atoms with Crippen molar-refractivity contribution in [3.63, 3.8) is 0 Å². The van der Waals surface area contributed by atoms with Crippen LogP contribution in [0.3, 0.4) is 0 Å². The Labute approximate surface area is 132 Å². The van der Waals surface area contributed by atoms with Crippen LogP contribution in [0.5, 0.6) is 0 Å². The van der Waals surface area contributed by atoms with E-state index in [4.69, 9.17) is 11.6 Å². The predicted molar refractivity (Wildman–Crippen MR) is 87.6 cm³/mol. The topological polar surface area (TPSA) is 12.9 Å². The van der Waals surface area contributed by atoms with Gasteiger partial charge in [0, 0.05) is 15.2 Å². The molecule has 1 nitrogen and oxygen atoms in total. The third-order valence-electron chi connectivity index (χ3n) is 3.31. The molecule has 0 aliphatic heterocycles. The zero-order valence-corrected chi connectivity index (χ0v) is 14.1. The fraction of sp³-hybridized carbons (Fsp3) is 0.400. The molecule has 1 aromatic heterocycles. The van der Waals surface area contributed by atoms with E-state index in [-0.39, 0.29) is 0 Å². The Morgan fingerprint density at radius 2 is 2.16 bits per heavy atom. The summed E-state index contributed by atoms with van der Waals surface area (Å²) in [4.78, 5) is 5.71. The van der Waals surface area contributed by atoms with Gasteiger partial charge in [0.1, 0.15) is 0 Å². The number of alkyl halides is 1. The molecule has 0 spiro atoms. The highest BCUT2D eigenvalue weighted by Gasteiger charge is 2.12. The van der Waals surface area contributed by atoms with Crippen molar-refractivity contribution in [1.29, 1.82) is 0 Å². The van der Waals surface area contributed by atoms with E-state index in [1.165, 1.54) is 22.6 Å². The Morgan fingerprint density at radius 3 is 2.79 bits per heavy atom. The molecule has 0 bridgehead atoms. The molecule has 102 valence electrons. The fourth-order valence-corrected chi connectivity index (χ4v) is 3.67. The van der Waals surface area contributed by atoms with Crippen LogP contribution >= 0.6 is 38.9 Å². The zero-order chi connectivity index (χ0) is 13.7. The molecule has 0 radical (unpaired) electrons. The van der Waals surface area contributed by atoms with Gasteiger partial charge >= 0.3 is 0 Å². The van der Waals surface area contributed by atoms with Crippen LogP contribution < -0.4 is 0 Å². The van der Waals surface area contributed by atoms with Crippen LogP contribution in [0, 0.1) is 12.8 Å². The van der Waals surface area contributed by atoms with Crippen molar-refractivity contribution in [2.45, 2.75) is 26.2 Å². The predicted octanol–water partition coefficient (Wildman–Crippen LogP) is 5.29. The van der Waals surface area contributed by atoms with Crippen LogP contribution in [0.4, 0.5) is 0 Å². The molecule has 1 heterocycles. The number of aromatic nitrogens is 1. The lowest BCUT2D eigenvalue weighted by atomic mass is 9.96. The van der Waals surface area contributed by atoms with Crippen LogP contribution in [0.1, 0.15) is 22.6 Å². The summed E-state index contributed by atoms with van der Waals surface area (Å²) >= 11 is 11.6. The number of nitrogens with zero attached hydrogens (tertiary/aromatic N) is 1. The van der Waals surface area contributed by atoms with Crippen molar-refractivity contribution in [3.05, 3.63) is 50.9 Å². The Balaban J connectivity index is 1.94. The highest BCUT2D eigenvalue weighted by Crippen LogP contribution is 2.24. The smallest absolute Gasteiger partial charge is 0.0797 e. The lowest BCUT2D eigenvalue weighted by Gasteiger charge is -2.14. The molecule has 0 saturated carbocycles. The Hall–Kier alpha value is -0.380. The van der Waals surface area contributed by atoms with Gasteiger partial charge in [-0.25, -0.2) is 4.98 Å². The monoisotopic (exact) mass is 357 g/mol. The molecule has 0 aliphatic carbocycles. The van der Waals surface area contributed by atoms with Crippen molar-refractivity contribution in [2.24, 2.45) is 5.92 Å². The molecule has 2 aromatic rings. The lowest BCUT2D eigenvalue weighted by Crippen LogP contribution is -2.08. The van der Waals surface area contributed by atoms with Crippen molar-refractivity contribution >= 4 is 38.9 Å². The molecule has 1 aromatic carbocycles. The number of aryl methyl sites for hydroxylation is 2. The fourth-order valence-electron chi connectivity index (χ4n) is 2.11. The SMILES string of the molecule is Cc1ncsc1CCC(CBr)Cc1ccccc1Cl. The standard InChI is InChI=1S/C15H17BrClNS/c1-11-15(19-10-18-11)7-6-12(9-16)8-13-4-2-3-5-14(13)17/h2-5,10,12H,6-9H2,1H3. The highest BCUT2D eigenvalue weighted by molar-refractivity contribution is 9.09. The van der Waals surface area contributed by atoms with E-state index in [1.807, 2.05) is 17.6 Å². The van der Waals surface area contributed by atoms with Gasteiger partial charge in [0.2, 0.25) is 0 Å². The second-order valence-corrected chi connectivity index (χ2v) is 6.71. The van der Waals surface area contributed by atoms with Crippen molar-refractivity contribution in [1.82, 2.24) is 4.98 Å². The first kappa shape index (κ1) is 15.0. The third kappa shape index (κ3) is 4.30. The summed E-state index contributed by atoms with van der Waals surface area (Å²) in [5, 5.41) is 1.89. The average Bonchev–Trinajstić information content (AvgIpc) is 2.82. The van der Waals surface area contributed by atoms with Crippen molar-refractivity contribution in [2.75, 3.05) is 5.33 Å². The minimum Gasteiger partial charge on any atom is -0.250 e. The van der Waals surface area contributed by atoms with E-state index >= 15 is 0 Å². The van der Waals surface area contributed by atoms with Gasteiger partial charge in [-0.05, 0) is 43.7 Å². The quantitative estimate of drug-likeness (QED) is 0.639. The number of hydrogen-bond acceptors (Lipinski definition) is 2. The minimum absolute atomic E-state index is 0.612. The molecule has 0 saturated heterocycles. The van der Waals surface area contributed by atoms with Crippen LogP contribution in [-0.2, 0) is 12.8 Å². The Kier molecular flexibility index (Phi) is 5.86. The molecule has 19 heavy (non-hydrogen) atoms. The molecular formula is C15H17BrClNS. The van der Waals surface area contributed by atoms with Crippen LogP contribution in [0.15, 0.2) is 29.8 Å². The number of benzene rings is 1. The minimum atomic E-state index is 0.612. The number of hydrogen-bond donors (Lipinski definition) is 0.